The van der Waals surface area contributed by atoms with E-state index in [0.29, 0.717) is 5.82 Å². The molecule has 0 unspecified atom stereocenters. The van der Waals surface area contributed by atoms with E-state index in [1.165, 1.54) is 11.3 Å². The Bertz CT molecular complexity index is 930. The maximum Gasteiger partial charge on any atom is 0.260 e. The topological polar surface area (TPSA) is 50.6 Å². The van der Waals surface area contributed by atoms with Crippen LogP contribution in [0.5, 0.6) is 5.75 Å². The van der Waals surface area contributed by atoms with Crippen molar-refractivity contribution in [3.05, 3.63) is 58.9 Å². The van der Waals surface area contributed by atoms with Gasteiger partial charge >= 0.3 is 0 Å². The average molecular weight is 397 g/mol. The Morgan fingerprint density at radius 3 is 2.79 bits per heavy atom. The number of anilines is 1. The van der Waals surface area contributed by atoms with Crippen molar-refractivity contribution < 1.29 is 9.53 Å². The molecule has 7 heteroatoms. The van der Waals surface area contributed by atoms with E-state index in [1.54, 1.807) is 11.8 Å². The van der Waals surface area contributed by atoms with Gasteiger partial charge in [0.2, 0.25) is 0 Å². The van der Waals surface area contributed by atoms with Crippen LogP contribution >= 0.6 is 11.3 Å². The Labute approximate surface area is 169 Å². The number of benzene rings is 1. The van der Waals surface area contributed by atoms with Gasteiger partial charge in [-0.15, -0.1) is 5.10 Å². The number of nitrogens with zero attached hydrogens (tertiary/aromatic N) is 4. The quantitative estimate of drug-likeness (QED) is 0.660. The summed E-state index contributed by atoms with van der Waals surface area (Å²) in [6, 6.07) is 11.7. The summed E-state index contributed by atoms with van der Waals surface area (Å²) in [5, 5.41) is 8.58. The van der Waals surface area contributed by atoms with Crippen molar-refractivity contribution in [2.75, 3.05) is 32.1 Å². The molecule has 0 atom stereocenters. The first-order chi connectivity index (χ1) is 13.7. The largest absolute Gasteiger partial charge is 0.497 e. The molecule has 0 saturated carbocycles. The fourth-order valence-electron chi connectivity index (χ4n) is 3.57. The summed E-state index contributed by atoms with van der Waals surface area (Å²) >= 11 is 1.54. The van der Waals surface area contributed by atoms with Gasteiger partial charge in [-0.1, -0.05) is 6.07 Å². The molecule has 0 aliphatic carbocycles. The number of likely N-dealkylation sites (tertiary alicyclic amines) is 1. The lowest BCUT2D eigenvalue weighted by Crippen LogP contribution is -2.47. The molecule has 3 heterocycles. The molecule has 0 radical (unpaired) electrons. The Morgan fingerprint density at radius 2 is 2.07 bits per heavy atom. The molecule has 2 aromatic heterocycles. The zero-order valence-electron chi connectivity index (χ0n) is 16.1. The van der Waals surface area contributed by atoms with E-state index in [2.05, 4.69) is 11.9 Å². The molecule has 1 aromatic carbocycles. The smallest absolute Gasteiger partial charge is 0.260 e. The Kier molecular flexibility index (Phi) is 5.45. The first-order valence-electron chi connectivity index (χ1n) is 9.40. The fourth-order valence-corrected chi connectivity index (χ4v) is 4.20. The van der Waals surface area contributed by atoms with Crippen molar-refractivity contribution in [1.82, 2.24) is 14.7 Å². The zero-order valence-corrected chi connectivity index (χ0v) is 16.9. The third-order valence-corrected chi connectivity index (χ3v) is 5.86. The number of ether oxygens (including phenoxy) is 1. The van der Waals surface area contributed by atoms with Crippen molar-refractivity contribution >= 4 is 23.1 Å². The van der Waals surface area contributed by atoms with Crippen LogP contribution in [0.15, 0.2) is 53.4 Å². The number of thiophene rings is 1. The van der Waals surface area contributed by atoms with Crippen molar-refractivity contribution in [1.29, 1.82) is 0 Å². The van der Waals surface area contributed by atoms with Crippen LogP contribution in [0.4, 0.5) is 5.82 Å². The van der Waals surface area contributed by atoms with Crippen LogP contribution in [0.2, 0.25) is 0 Å². The minimum atomic E-state index is 0.0201. The molecule has 1 aliphatic rings. The van der Waals surface area contributed by atoms with Crippen molar-refractivity contribution in [3.63, 3.8) is 0 Å². The van der Waals surface area contributed by atoms with E-state index >= 15 is 0 Å². The molecule has 1 amide bonds. The Balaban J connectivity index is 1.66. The Hall–Kier alpha value is -2.64. The second-order valence-electron chi connectivity index (χ2n) is 7.04. The molecule has 3 aromatic rings. The first-order valence-corrected chi connectivity index (χ1v) is 10.3. The second kappa shape index (κ2) is 8.16. The number of aromatic nitrogens is 2. The third-order valence-electron chi connectivity index (χ3n) is 5.18. The molecule has 1 fully saturated rings. The van der Waals surface area contributed by atoms with E-state index in [4.69, 9.17) is 9.84 Å². The van der Waals surface area contributed by atoms with Gasteiger partial charge in [0, 0.05) is 29.8 Å². The summed E-state index contributed by atoms with van der Waals surface area (Å²) in [6.45, 7) is 1.96. The molecule has 28 heavy (non-hydrogen) atoms. The minimum Gasteiger partial charge on any atom is -0.497 e. The Morgan fingerprint density at radius 1 is 1.25 bits per heavy atom. The molecule has 6 nitrogen and oxygen atoms in total. The monoisotopic (exact) mass is 396 g/mol. The van der Waals surface area contributed by atoms with Crippen LogP contribution in [-0.4, -0.2) is 53.9 Å². The van der Waals surface area contributed by atoms with Gasteiger partial charge in [-0.05, 0) is 56.6 Å². The maximum atomic E-state index is 13.3. The van der Waals surface area contributed by atoms with Gasteiger partial charge in [-0.2, -0.15) is 11.3 Å². The number of amides is 1. The molecule has 146 valence electrons. The predicted molar refractivity (Wildman–Crippen MR) is 112 cm³/mol. The van der Waals surface area contributed by atoms with Crippen LogP contribution in [0.3, 0.4) is 0 Å². The molecular formula is C21H24N4O2S. The number of methoxy groups -OCH3 is 1. The summed E-state index contributed by atoms with van der Waals surface area (Å²) in [4.78, 5) is 17.5. The number of carbonyl (C=O) groups is 1. The van der Waals surface area contributed by atoms with Crippen molar-refractivity contribution in [2.24, 2.45) is 0 Å². The minimum absolute atomic E-state index is 0.0201. The molecule has 0 spiro atoms. The lowest BCUT2D eigenvalue weighted by Gasteiger charge is -2.36. The van der Waals surface area contributed by atoms with Crippen LogP contribution in [0.1, 0.15) is 23.2 Å². The van der Waals surface area contributed by atoms with Crippen LogP contribution < -0.4 is 9.64 Å². The molecule has 0 bridgehead atoms. The van der Waals surface area contributed by atoms with Crippen LogP contribution in [0, 0.1) is 0 Å². The highest BCUT2D eigenvalue weighted by atomic mass is 32.1. The lowest BCUT2D eigenvalue weighted by molar-refractivity contribution is 0.0963. The van der Waals surface area contributed by atoms with Gasteiger partial charge in [-0.3, -0.25) is 9.69 Å². The standard InChI is InChI=1S/C21H24N4O2S/c1-23-10-6-17(7-11-23)25(21(26)16-9-13-28-15-16)20-8-12-24(22-20)18-4-3-5-19(14-18)27-2/h3-5,8-9,12-15,17H,6-7,10-11H2,1-2H3. The molecule has 1 aliphatic heterocycles. The van der Waals surface area contributed by atoms with Gasteiger partial charge in [0.15, 0.2) is 5.82 Å². The van der Waals surface area contributed by atoms with E-state index in [0.717, 1.165) is 42.9 Å². The highest BCUT2D eigenvalue weighted by Crippen LogP contribution is 2.26. The number of carbonyl (C=O) groups excluding carboxylic acids is 1. The number of hydrogen-bond acceptors (Lipinski definition) is 5. The summed E-state index contributed by atoms with van der Waals surface area (Å²) in [5.74, 6) is 1.48. The maximum absolute atomic E-state index is 13.3. The first kappa shape index (κ1) is 18.7. The van der Waals surface area contributed by atoms with E-state index in [9.17, 15) is 4.79 Å². The van der Waals surface area contributed by atoms with Gasteiger partial charge in [0.1, 0.15) is 5.75 Å². The fraction of sp³-hybridized carbons (Fsp3) is 0.333. The summed E-state index contributed by atoms with van der Waals surface area (Å²) in [6.07, 6.45) is 3.78. The second-order valence-corrected chi connectivity index (χ2v) is 7.82. The summed E-state index contributed by atoms with van der Waals surface area (Å²) in [5.41, 5.74) is 1.62. The molecule has 0 N–H and O–H groups in total. The highest BCUT2D eigenvalue weighted by molar-refractivity contribution is 7.08. The molecule has 1 saturated heterocycles. The van der Waals surface area contributed by atoms with Crippen LogP contribution in [-0.2, 0) is 0 Å². The van der Waals surface area contributed by atoms with Crippen molar-refractivity contribution in [3.8, 4) is 11.4 Å². The predicted octanol–water partition coefficient (Wildman–Crippen LogP) is 3.68. The van der Waals surface area contributed by atoms with Gasteiger partial charge < -0.3 is 9.64 Å². The third kappa shape index (κ3) is 3.81. The molecule has 4 rings (SSSR count). The van der Waals surface area contributed by atoms with Gasteiger partial charge in [-0.25, -0.2) is 4.68 Å². The zero-order chi connectivity index (χ0) is 19.5. The van der Waals surface area contributed by atoms with Gasteiger partial charge in [0.05, 0.1) is 18.4 Å². The van der Waals surface area contributed by atoms with E-state index in [1.807, 2.05) is 58.3 Å². The average Bonchev–Trinajstić information content (AvgIpc) is 3.42. The summed E-state index contributed by atoms with van der Waals surface area (Å²) in [7, 11) is 3.77. The van der Waals surface area contributed by atoms with Crippen LogP contribution in [0.25, 0.3) is 5.69 Å². The van der Waals surface area contributed by atoms with Crippen molar-refractivity contribution in [2.45, 2.75) is 18.9 Å². The van der Waals surface area contributed by atoms with Gasteiger partial charge in [0.25, 0.3) is 5.91 Å². The van der Waals surface area contributed by atoms with E-state index < -0.39 is 0 Å². The normalized spacial score (nSPS) is 15.5. The highest BCUT2D eigenvalue weighted by Gasteiger charge is 2.30. The number of hydrogen-bond donors (Lipinski definition) is 0. The van der Waals surface area contributed by atoms with E-state index in [-0.39, 0.29) is 11.9 Å². The summed E-state index contributed by atoms with van der Waals surface area (Å²) < 4.78 is 7.11. The number of piperidine rings is 1. The molecular weight excluding hydrogens is 372 g/mol. The lowest BCUT2D eigenvalue weighted by atomic mass is 10.0. The SMILES string of the molecule is COc1cccc(-n2ccc(N(C(=O)c3ccsc3)C3CCN(C)CC3)n2)c1. The number of rotatable bonds is 5.